The maximum atomic E-state index is 2.37. The maximum Gasteiger partial charge on any atom is -0.0213 e. The molecule has 0 N–H and O–H groups in total. The van der Waals surface area contributed by atoms with Crippen molar-refractivity contribution in [3.8, 4) is 0 Å². The molecule has 0 heteroatoms. The normalized spacial score (nSPS) is 18.2. The van der Waals surface area contributed by atoms with Crippen molar-refractivity contribution in [3.05, 3.63) is 12.2 Å². The lowest BCUT2D eigenvalue weighted by molar-refractivity contribution is 0.312. The van der Waals surface area contributed by atoms with Crippen molar-refractivity contribution in [3.63, 3.8) is 0 Å². The van der Waals surface area contributed by atoms with E-state index >= 15 is 0 Å². The van der Waals surface area contributed by atoms with Gasteiger partial charge < -0.3 is 0 Å². The third-order valence-corrected chi connectivity index (χ3v) is 3.12. The lowest BCUT2D eigenvalue weighted by atomic mass is 9.81. The summed E-state index contributed by atoms with van der Waals surface area (Å²) in [6, 6.07) is 0. The Morgan fingerprint density at radius 1 is 0.846 bits per heavy atom. The molecule has 13 heavy (non-hydrogen) atoms. The molecular weight excluding hydrogens is 156 g/mol. The zero-order chi connectivity index (χ0) is 10.6. The number of rotatable bonds is 3. The summed E-state index contributed by atoms with van der Waals surface area (Å²) in [5, 5.41) is 0. The minimum Gasteiger partial charge on any atom is -0.0852 e. The highest BCUT2D eigenvalue weighted by Gasteiger charge is 2.17. The summed E-state index contributed by atoms with van der Waals surface area (Å²) in [7, 11) is 0. The van der Waals surface area contributed by atoms with Gasteiger partial charge in [0.2, 0.25) is 0 Å². The summed E-state index contributed by atoms with van der Waals surface area (Å²) in [6.45, 7) is 16.0. The molecule has 0 bridgehead atoms. The minimum atomic E-state index is 0.396. The van der Waals surface area contributed by atoms with Gasteiger partial charge in [0.15, 0.2) is 0 Å². The van der Waals surface area contributed by atoms with Crippen molar-refractivity contribution in [2.75, 3.05) is 0 Å². The van der Waals surface area contributed by atoms with Crippen LogP contribution < -0.4 is 0 Å². The Morgan fingerprint density at radius 2 is 1.31 bits per heavy atom. The largest absolute Gasteiger partial charge is 0.0852 e. The van der Waals surface area contributed by atoms with Gasteiger partial charge in [0.25, 0.3) is 0 Å². The molecule has 78 valence electrons. The second kappa shape index (κ2) is 4.83. The number of hydrogen-bond donors (Lipinski definition) is 0. The Bertz CT molecular complexity index is 157. The fourth-order valence-electron chi connectivity index (χ4n) is 0.853. The molecule has 0 aliphatic rings. The first-order valence-corrected chi connectivity index (χ1v) is 5.43. The van der Waals surface area contributed by atoms with E-state index in [9.17, 15) is 0 Å². The van der Waals surface area contributed by atoms with E-state index < -0.39 is 0 Å². The molecule has 0 amide bonds. The first-order chi connectivity index (χ1) is 5.75. The van der Waals surface area contributed by atoms with Gasteiger partial charge in [-0.15, -0.1) is 0 Å². The third-order valence-electron chi connectivity index (χ3n) is 3.12. The summed E-state index contributed by atoms with van der Waals surface area (Å²) in [5.41, 5.74) is 0.396. The summed E-state index contributed by atoms with van der Waals surface area (Å²) >= 11 is 0. The minimum absolute atomic E-state index is 0.396. The summed E-state index contributed by atoms with van der Waals surface area (Å²) in [5.74, 6) is 2.11. The third kappa shape index (κ3) is 5.13. The van der Waals surface area contributed by atoms with Crippen LogP contribution in [-0.2, 0) is 0 Å². The molecule has 0 aromatic rings. The molecule has 2 atom stereocenters. The van der Waals surface area contributed by atoms with Crippen LogP contribution in [0.25, 0.3) is 0 Å². The Hall–Kier alpha value is -0.260. The van der Waals surface area contributed by atoms with Crippen molar-refractivity contribution in [2.24, 2.45) is 23.2 Å². The maximum absolute atomic E-state index is 2.37. The average Bonchev–Trinajstić information content (AvgIpc) is 1.97. The molecule has 0 saturated heterocycles. The van der Waals surface area contributed by atoms with Gasteiger partial charge in [-0.05, 0) is 23.2 Å². The van der Waals surface area contributed by atoms with Crippen molar-refractivity contribution in [2.45, 2.75) is 48.5 Å². The Kier molecular flexibility index (Phi) is 4.74. The van der Waals surface area contributed by atoms with Crippen LogP contribution in [0.2, 0.25) is 0 Å². The predicted octanol–water partition coefficient (Wildman–Crippen LogP) is 4.52. The molecular formula is C13H26. The second-order valence-electron chi connectivity index (χ2n) is 5.64. The van der Waals surface area contributed by atoms with Gasteiger partial charge in [0.05, 0.1) is 0 Å². The van der Waals surface area contributed by atoms with E-state index in [1.165, 1.54) is 0 Å². The van der Waals surface area contributed by atoms with Gasteiger partial charge >= 0.3 is 0 Å². The first-order valence-electron chi connectivity index (χ1n) is 5.43. The Balaban J connectivity index is 4.12. The van der Waals surface area contributed by atoms with Gasteiger partial charge in [0.1, 0.15) is 0 Å². The SMILES string of the molecule is CC(C)C(C)/C=C/[C@@H](C)C(C)(C)C. The van der Waals surface area contributed by atoms with Crippen LogP contribution >= 0.6 is 0 Å². The highest BCUT2D eigenvalue weighted by atomic mass is 14.2. The van der Waals surface area contributed by atoms with Gasteiger partial charge in [0, 0.05) is 0 Å². The molecule has 0 heterocycles. The van der Waals surface area contributed by atoms with E-state index in [-0.39, 0.29) is 0 Å². The summed E-state index contributed by atoms with van der Waals surface area (Å²) in [4.78, 5) is 0. The molecule has 0 aliphatic carbocycles. The van der Waals surface area contributed by atoms with Gasteiger partial charge in [-0.3, -0.25) is 0 Å². The average molecular weight is 182 g/mol. The van der Waals surface area contributed by atoms with E-state index in [0.29, 0.717) is 17.3 Å². The van der Waals surface area contributed by atoms with E-state index in [1.807, 2.05) is 0 Å². The molecule has 0 fully saturated rings. The zero-order valence-electron chi connectivity index (χ0n) is 10.4. The van der Waals surface area contributed by atoms with Crippen LogP contribution in [0.1, 0.15) is 48.5 Å². The van der Waals surface area contributed by atoms with E-state index in [4.69, 9.17) is 0 Å². The molecule has 0 nitrogen and oxygen atoms in total. The number of allylic oxidation sites excluding steroid dienone is 2. The Morgan fingerprint density at radius 3 is 1.62 bits per heavy atom. The van der Waals surface area contributed by atoms with Crippen molar-refractivity contribution in [1.29, 1.82) is 0 Å². The smallest absolute Gasteiger partial charge is 0.0213 e. The number of hydrogen-bond acceptors (Lipinski definition) is 0. The predicted molar refractivity (Wildman–Crippen MR) is 61.8 cm³/mol. The van der Waals surface area contributed by atoms with Crippen molar-refractivity contribution < 1.29 is 0 Å². The highest BCUT2D eigenvalue weighted by molar-refractivity contribution is 4.94. The van der Waals surface area contributed by atoms with E-state index in [1.54, 1.807) is 0 Å². The van der Waals surface area contributed by atoms with Crippen molar-refractivity contribution >= 4 is 0 Å². The van der Waals surface area contributed by atoms with Crippen LogP contribution in [0.15, 0.2) is 12.2 Å². The van der Waals surface area contributed by atoms with Crippen LogP contribution in [0.3, 0.4) is 0 Å². The highest BCUT2D eigenvalue weighted by Crippen LogP contribution is 2.27. The first kappa shape index (κ1) is 12.7. The molecule has 0 aromatic carbocycles. The molecule has 0 saturated carbocycles. The molecule has 0 spiro atoms. The fraction of sp³-hybridized carbons (Fsp3) is 0.846. The van der Waals surface area contributed by atoms with Crippen LogP contribution in [-0.4, -0.2) is 0 Å². The van der Waals surface area contributed by atoms with Gasteiger partial charge in [-0.1, -0.05) is 60.6 Å². The van der Waals surface area contributed by atoms with E-state index in [2.05, 4.69) is 60.6 Å². The lowest BCUT2D eigenvalue weighted by Gasteiger charge is -2.24. The summed E-state index contributed by atoms with van der Waals surface area (Å²) in [6.07, 6.45) is 4.73. The monoisotopic (exact) mass is 182 g/mol. The molecule has 0 aliphatic heterocycles. The second-order valence-corrected chi connectivity index (χ2v) is 5.64. The fourth-order valence-corrected chi connectivity index (χ4v) is 0.853. The van der Waals surface area contributed by atoms with E-state index in [0.717, 1.165) is 5.92 Å². The van der Waals surface area contributed by atoms with Gasteiger partial charge in [-0.25, -0.2) is 0 Å². The van der Waals surface area contributed by atoms with Gasteiger partial charge in [-0.2, -0.15) is 0 Å². The molecule has 0 radical (unpaired) electrons. The lowest BCUT2D eigenvalue weighted by Crippen LogP contribution is -2.15. The van der Waals surface area contributed by atoms with Crippen LogP contribution in [0.4, 0.5) is 0 Å². The summed E-state index contributed by atoms with van der Waals surface area (Å²) < 4.78 is 0. The molecule has 0 aromatic heterocycles. The zero-order valence-corrected chi connectivity index (χ0v) is 10.4. The topological polar surface area (TPSA) is 0 Å². The standard InChI is InChI=1S/C13H26/c1-10(2)11(3)8-9-12(4)13(5,6)7/h8-12H,1-7H3/b9-8+/t11?,12-/m1/s1. The van der Waals surface area contributed by atoms with Crippen LogP contribution in [0, 0.1) is 23.2 Å². The quantitative estimate of drug-likeness (QED) is 0.563. The molecule has 1 unspecified atom stereocenters. The van der Waals surface area contributed by atoms with Crippen molar-refractivity contribution in [1.82, 2.24) is 0 Å². The Labute approximate surface area is 84.4 Å². The van der Waals surface area contributed by atoms with Crippen LogP contribution in [0.5, 0.6) is 0 Å². The molecule has 0 rings (SSSR count).